The molecule has 188 valence electrons. The third kappa shape index (κ3) is 4.78. The van der Waals surface area contributed by atoms with Gasteiger partial charge in [0.1, 0.15) is 10.7 Å². The number of benzene rings is 2. The van der Waals surface area contributed by atoms with Crippen LogP contribution in [0, 0.1) is 5.82 Å². The number of aromatic nitrogens is 3. The van der Waals surface area contributed by atoms with Gasteiger partial charge in [-0.2, -0.15) is 9.40 Å². The van der Waals surface area contributed by atoms with E-state index >= 15 is 0 Å². The second-order valence-corrected chi connectivity index (χ2v) is 12.7. The number of nitrogens with zero attached hydrogens (tertiary/aromatic N) is 3. The number of nitrogens with one attached hydrogen (secondary N) is 2. The van der Waals surface area contributed by atoms with E-state index in [1.54, 1.807) is 5.38 Å². The van der Waals surface area contributed by atoms with Crippen molar-refractivity contribution in [2.75, 3.05) is 11.3 Å². The lowest BCUT2D eigenvalue weighted by atomic mass is 10.0. The van der Waals surface area contributed by atoms with E-state index in [0.717, 1.165) is 41.5 Å². The van der Waals surface area contributed by atoms with E-state index in [0.29, 0.717) is 24.2 Å². The highest BCUT2D eigenvalue weighted by molar-refractivity contribution is 7.93. The molecule has 9 nitrogen and oxygen atoms in total. The minimum atomic E-state index is -4.28. The molecule has 0 spiro atoms. The van der Waals surface area contributed by atoms with E-state index in [9.17, 15) is 21.2 Å². The first kappa shape index (κ1) is 24.6. The number of piperidine rings is 1. The van der Waals surface area contributed by atoms with Crippen molar-refractivity contribution in [1.29, 1.82) is 0 Å². The van der Waals surface area contributed by atoms with E-state index in [1.165, 1.54) is 10.5 Å². The largest absolute Gasteiger partial charge is 0.280 e. The summed E-state index contributed by atoms with van der Waals surface area (Å²) in [6.07, 6.45) is 3.46. The van der Waals surface area contributed by atoms with E-state index in [2.05, 4.69) is 19.9 Å². The summed E-state index contributed by atoms with van der Waals surface area (Å²) in [7, 11) is -8.41. The summed E-state index contributed by atoms with van der Waals surface area (Å²) in [6, 6.07) is 13.7. The lowest BCUT2D eigenvalue weighted by molar-refractivity contribution is 0.251. The molecule has 1 unspecified atom stereocenters. The van der Waals surface area contributed by atoms with Crippen LogP contribution in [-0.2, 0) is 20.0 Å². The molecule has 0 bridgehead atoms. The smallest absolute Gasteiger partial charge is 0.266 e. The Morgan fingerprint density at radius 2 is 1.86 bits per heavy atom. The summed E-state index contributed by atoms with van der Waals surface area (Å²) in [5.74, 6) is -1.17. The average molecular weight is 548 g/mol. The van der Waals surface area contributed by atoms with Crippen molar-refractivity contribution in [1.82, 2.24) is 19.5 Å². The molecule has 5 rings (SSSR count). The summed E-state index contributed by atoms with van der Waals surface area (Å²) in [4.78, 5) is 2.85. The highest BCUT2D eigenvalue weighted by Gasteiger charge is 2.36. The van der Waals surface area contributed by atoms with Crippen molar-refractivity contribution in [3.8, 4) is 11.3 Å². The quantitative estimate of drug-likeness (QED) is 0.354. The maximum Gasteiger partial charge on any atom is 0.266 e. The van der Waals surface area contributed by atoms with Gasteiger partial charge in [-0.25, -0.2) is 26.2 Å². The van der Waals surface area contributed by atoms with E-state index in [1.807, 2.05) is 36.4 Å². The van der Waals surface area contributed by atoms with E-state index in [4.69, 9.17) is 0 Å². The van der Waals surface area contributed by atoms with Gasteiger partial charge >= 0.3 is 0 Å². The molecule has 2 aromatic carbocycles. The Bertz CT molecular complexity index is 1570. The monoisotopic (exact) mass is 547 g/mol. The SMILES string of the molecule is O=S(=O)(Nc1nccs1)c1ccc(S(=O)(=O)N2CCCCC2c2cc(-c3ccccc3)n[nH]2)cc1F. The van der Waals surface area contributed by atoms with Gasteiger partial charge in [-0.05, 0) is 37.1 Å². The van der Waals surface area contributed by atoms with Crippen molar-refractivity contribution in [3.05, 3.63) is 77.7 Å². The molecule has 2 aromatic heterocycles. The summed E-state index contributed by atoms with van der Waals surface area (Å²) in [5.41, 5.74) is 2.24. The van der Waals surface area contributed by atoms with Crippen LogP contribution in [0.5, 0.6) is 0 Å². The van der Waals surface area contributed by atoms with Crippen LogP contribution in [0.15, 0.2) is 76.0 Å². The predicted octanol–water partition coefficient (Wildman–Crippen LogP) is 4.39. The fourth-order valence-corrected chi connectivity index (χ4v) is 7.74. The molecule has 1 atom stereocenters. The first-order valence-corrected chi connectivity index (χ1v) is 14.9. The summed E-state index contributed by atoms with van der Waals surface area (Å²) in [5, 5.41) is 8.97. The van der Waals surface area contributed by atoms with Gasteiger partial charge in [0, 0.05) is 23.7 Å². The van der Waals surface area contributed by atoms with Gasteiger partial charge in [0.15, 0.2) is 5.13 Å². The Morgan fingerprint density at radius 3 is 2.58 bits per heavy atom. The number of rotatable bonds is 7. The summed E-state index contributed by atoms with van der Waals surface area (Å²) < 4.78 is 70.8. The molecule has 13 heteroatoms. The number of anilines is 1. The minimum Gasteiger partial charge on any atom is -0.280 e. The molecule has 1 aliphatic heterocycles. The van der Waals surface area contributed by atoms with Gasteiger partial charge in [-0.3, -0.25) is 9.82 Å². The molecule has 0 aliphatic carbocycles. The standard InChI is InChI=1S/C23H22FN5O4S3/c24-18-14-17(9-10-22(18)35(30,31)28-23-25-11-13-34-23)36(32,33)29-12-5-4-8-21(29)20-15-19(26-27-20)16-6-2-1-3-7-16/h1-3,6-7,9-11,13-15,21H,4-5,8,12H2,(H,25,28)(H,26,27). The molecule has 0 radical (unpaired) electrons. The number of hydrogen-bond acceptors (Lipinski definition) is 7. The van der Waals surface area contributed by atoms with Crippen LogP contribution >= 0.6 is 11.3 Å². The number of aromatic amines is 1. The zero-order valence-electron chi connectivity index (χ0n) is 18.8. The van der Waals surface area contributed by atoms with Crippen LogP contribution in [0.3, 0.4) is 0 Å². The predicted molar refractivity (Wildman–Crippen MR) is 134 cm³/mol. The first-order valence-electron chi connectivity index (χ1n) is 11.1. The van der Waals surface area contributed by atoms with Crippen LogP contribution in [0.1, 0.15) is 31.0 Å². The molecule has 3 heterocycles. The van der Waals surface area contributed by atoms with Gasteiger partial charge in [0.25, 0.3) is 10.0 Å². The molecular weight excluding hydrogens is 525 g/mol. The van der Waals surface area contributed by atoms with Crippen LogP contribution < -0.4 is 4.72 Å². The molecular formula is C23H22FN5O4S3. The number of hydrogen-bond donors (Lipinski definition) is 2. The first-order chi connectivity index (χ1) is 17.3. The second kappa shape index (κ2) is 9.73. The Kier molecular flexibility index (Phi) is 6.64. The lowest BCUT2D eigenvalue weighted by Crippen LogP contribution is -2.38. The van der Waals surface area contributed by atoms with Gasteiger partial charge in [0.05, 0.1) is 22.3 Å². The van der Waals surface area contributed by atoms with E-state index < -0.39 is 36.8 Å². The Morgan fingerprint density at radius 1 is 1.06 bits per heavy atom. The van der Waals surface area contributed by atoms with Gasteiger partial charge in [-0.1, -0.05) is 36.8 Å². The molecule has 4 aromatic rings. The molecule has 2 N–H and O–H groups in total. The van der Waals surface area contributed by atoms with Crippen molar-refractivity contribution >= 4 is 36.5 Å². The average Bonchev–Trinajstić information content (AvgIpc) is 3.56. The van der Waals surface area contributed by atoms with Crippen molar-refractivity contribution in [3.63, 3.8) is 0 Å². The Hall–Kier alpha value is -3.13. The Labute approximate surface area is 212 Å². The second-order valence-electron chi connectivity index (χ2n) is 8.24. The van der Waals surface area contributed by atoms with Gasteiger partial charge in [-0.15, -0.1) is 11.3 Å². The Balaban J connectivity index is 1.44. The maximum atomic E-state index is 14.9. The molecule has 0 saturated carbocycles. The van der Waals surface area contributed by atoms with E-state index in [-0.39, 0.29) is 16.6 Å². The number of halogens is 1. The number of sulfonamides is 2. The zero-order chi connectivity index (χ0) is 25.3. The summed E-state index contributed by atoms with van der Waals surface area (Å²) >= 11 is 1.04. The molecule has 1 saturated heterocycles. The van der Waals surface area contributed by atoms with Crippen molar-refractivity contribution < 1.29 is 21.2 Å². The van der Waals surface area contributed by atoms with Crippen molar-refractivity contribution in [2.45, 2.75) is 35.1 Å². The highest BCUT2D eigenvalue weighted by atomic mass is 32.2. The number of H-pyrrole nitrogens is 1. The van der Waals surface area contributed by atoms with Gasteiger partial charge in [0.2, 0.25) is 10.0 Å². The van der Waals surface area contributed by atoms with Crippen LogP contribution in [-0.4, -0.2) is 42.9 Å². The van der Waals surface area contributed by atoms with Gasteiger partial charge < -0.3 is 0 Å². The lowest BCUT2D eigenvalue weighted by Gasteiger charge is -2.34. The molecule has 1 aliphatic rings. The number of thiazole rings is 1. The molecule has 1 fully saturated rings. The zero-order valence-corrected chi connectivity index (χ0v) is 21.3. The fraction of sp³-hybridized carbons (Fsp3) is 0.217. The normalized spacial score (nSPS) is 17.2. The highest BCUT2D eigenvalue weighted by Crippen LogP contribution is 2.36. The fourth-order valence-electron chi connectivity index (χ4n) is 4.21. The summed E-state index contributed by atoms with van der Waals surface area (Å²) in [6.45, 7) is 0.250. The molecule has 0 amide bonds. The third-order valence-corrected chi connectivity index (χ3v) is 10.0. The maximum absolute atomic E-state index is 14.9. The van der Waals surface area contributed by atoms with Crippen LogP contribution in [0.4, 0.5) is 9.52 Å². The molecule has 36 heavy (non-hydrogen) atoms. The van der Waals surface area contributed by atoms with Crippen LogP contribution in [0.2, 0.25) is 0 Å². The third-order valence-electron chi connectivity index (χ3n) is 5.93. The van der Waals surface area contributed by atoms with Crippen LogP contribution in [0.25, 0.3) is 11.3 Å². The topological polar surface area (TPSA) is 125 Å². The van der Waals surface area contributed by atoms with Crippen molar-refractivity contribution in [2.24, 2.45) is 0 Å². The minimum absolute atomic E-state index is 0.0803.